The number of hydrogen-bond acceptors (Lipinski definition) is 1. The van der Waals surface area contributed by atoms with E-state index in [2.05, 4.69) is 36.5 Å². The second-order valence-electron chi connectivity index (χ2n) is 3.72. The Kier molecular flexibility index (Phi) is 2.65. The summed E-state index contributed by atoms with van der Waals surface area (Å²) in [6, 6.07) is 8.51. The molecule has 0 aromatic heterocycles. The topological polar surface area (TPSA) is 12.0 Å². The van der Waals surface area contributed by atoms with Crippen molar-refractivity contribution in [2.45, 2.75) is 18.8 Å². The van der Waals surface area contributed by atoms with E-state index in [0.29, 0.717) is 0 Å². The zero-order chi connectivity index (χ0) is 9.10. The quantitative estimate of drug-likeness (QED) is 0.689. The molecule has 1 radical (unpaired) electrons. The van der Waals surface area contributed by atoms with E-state index in [9.17, 15) is 0 Å². The van der Waals surface area contributed by atoms with Gasteiger partial charge in [0.2, 0.25) is 0 Å². The van der Waals surface area contributed by atoms with Gasteiger partial charge in [0.25, 0.3) is 0 Å². The Labute approximate surface area is 80.2 Å². The first kappa shape index (κ1) is 8.76. The standard InChI is InChI=1S/C12H16N/c1-10-4-2-3-5-12(10)11-6-8-13-9-7-11/h2-5,11,13H,1,6-9H2. The maximum absolute atomic E-state index is 4.08. The van der Waals surface area contributed by atoms with Gasteiger partial charge in [0.15, 0.2) is 0 Å². The molecule has 1 aliphatic heterocycles. The number of hydrogen-bond donors (Lipinski definition) is 1. The first-order valence-electron chi connectivity index (χ1n) is 4.99. The lowest BCUT2D eigenvalue weighted by Crippen LogP contribution is -2.26. The molecule has 1 saturated heterocycles. The van der Waals surface area contributed by atoms with E-state index in [0.717, 1.165) is 19.0 Å². The summed E-state index contributed by atoms with van der Waals surface area (Å²) in [6.07, 6.45) is 2.51. The average molecular weight is 174 g/mol. The number of benzene rings is 1. The molecule has 0 spiro atoms. The van der Waals surface area contributed by atoms with Crippen molar-refractivity contribution in [3.8, 4) is 0 Å². The Bertz CT molecular complexity index is 274. The van der Waals surface area contributed by atoms with Crippen LogP contribution in [0.15, 0.2) is 24.3 Å². The van der Waals surface area contributed by atoms with Gasteiger partial charge < -0.3 is 5.32 Å². The minimum atomic E-state index is 0.731. The van der Waals surface area contributed by atoms with Crippen molar-refractivity contribution in [2.24, 2.45) is 0 Å². The normalized spacial score (nSPS) is 18.8. The van der Waals surface area contributed by atoms with Crippen LogP contribution in [0.5, 0.6) is 0 Å². The lowest BCUT2D eigenvalue weighted by Gasteiger charge is -2.24. The van der Waals surface area contributed by atoms with Crippen LogP contribution in [0.1, 0.15) is 29.9 Å². The molecule has 1 aromatic rings. The summed E-state index contributed by atoms with van der Waals surface area (Å²) in [5.74, 6) is 0.731. The number of rotatable bonds is 1. The van der Waals surface area contributed by atoms with E-state index < -0.39 is 0 Å². The fraction of sp³-hybridized carbons (Fsp3) is 0.417. The molecule has 1 nitrogen and oxygen atoms in total. The second-order valence-corrected chi connectivity index (χ2v) is 3.72. The molecule has 0 atom stereocenters. The third-order valence-electron chi connectivity index (χ3n) is 2.83. The molecule has 1 aliphatic rings. The van der Waals surface area contributed by atoms with Crippen molar-refractivity contribution in [1.82, 2.24) is 5.32 Å². The van der Waals surface area contributed by atoms with Crippen LogP contribution in [0.25, 0.3) is 0 Å². The maximum atomic E-state index is 4.08. The lowest BCUT2D eigenvalue weighted by atomic mass is 9.88. The van der Waals surface area contributed by atoms with Crippen LogP contribution < -0.4 is 5.32 Å². The van der Waals surface area contributed by atoms with Gasteiger partial charge in [-0.15, -0.1) is 0 Å². The zero-order valence-electron chi connectivity index (χ0n) is 7.92. The summed E-state index contributed by atoms with van der Waals surface area (Å²) in [5.41, 5.74) is 2.65. The monoisotopic (exact) mass is 174 g/mol. The van der Waals surface area contributed by atoms with Crippen molar-refractivity contribution in [3.63, 3.8) is 0 Å². The Morgan fingerprint density at radius 3 is 2.54 bits per heavy atom. The number of nitrogens with one attached hydrogen (secondary N) is 1. The van der Waals surface area contributed by atoms with Gasteiger partial charge in [0, 0.05) is 0 Å². The van der Waals surface area contributed by atoms with Crippen LogP contribution in [0.4, 0.5) is 0 Å². The van der Waals surface area contributed by atoms with Crippen molar-refractivity contribution >= 4 is 0 Å². The summed E-state index contributed by atoms with van der Waals surface area (Å²) in [6.45, 7) is 6.38. The molecule has 13 heavy (non-hydrogen) atoms. The van der Waals surface area contributed by atoms with Crippen molar-refractivity contribution < 1.29 is 0 Å². The molecule has 0 bridgehead atoms. The SMILES string of the molecule is [CH2]c1ccccc1C1CCNCC1. The second kappa shape index (κ2) is 3.93. The van der Waals surface area contributed by atoms with E-state index in [1.807, 2.05) is 0 Å². The van der Waals surface area contributed by atoms with Gasteiger partial charge in [-0.05, 0) is 49.9 Å². The van der Waals surface area contributed by atoms with Crippen LogP contribution in [-0.2, 0) is 0 Å². The van der Waals surface area contributed by atoms with E-state index in [1.165, 1.54) is 24.0 Å². The predicted molar refractivity (Wildman–Crippen MR) is 55.7 cm³/mol. The summed E-state index contributed by atoms with van der Waals surface area (Å²) < 4.78 is 0. The molecule has 1 heterocycles. The highest BCUT2D eigenvalue weighted by Gasteiger charge is 2.15. The van der Waals surface area contributed by atoms with Crippen LogP contribution in [0.3, 0.4) is 0 Å². The minimum absolute atomic E-state index is 0.731. The molecular weight excluding hydrogens is 158 g/mol. The Balaban J connectivity index is 2.18. The van der Waals surface area contributed by atoms with Gasteiger partial charge in [-0.2, -0.15) is 0 Å². The van der Waals surface area contributed by atoms with Gasteiger partial charge in [-0.1, -0.05) is 24.3 Å². The third kappa shape index (κ3) is 1.92. The van der Waals surface area contributed by atoms with Gasteiger partial charge in [0.1, 0.15) is 0 Å². The molecule has 0 amide bonds. The largest absolute Gasteiger partial charge is 0.317 e. The van der Waals surface area contributed by atoms with E-state index in [4.69, 9.17) is 0 Å². The zero-order valence-corrected chi connectivity index (χ0v) is 7.92. The molecule has 0 aliphatic carbocycles. The van der Waals surface area contributed by atoms with Crippen LogP contribution >= 0.6 is 0 Å². The molecule has 0 unspecified atom stereocenters. The molecule has 2 rings (SSSR count). The summed E-state index contributed by atoms with van der Waals surface area (Å²) in [4.78, 5) is 0. The molecule has 0 saturated carbocycles. The Hall–Kier alpha value is -0.820. The van der Waals surface area contributed by atoms with Crippen molar-refractivity contribution in [3.05, 3.63) is 42.3 Å². The highest BCUT2D eigenvalue weighted by atomic mass is 14.9. The van der Waals surface area contributed by atoms with Gasteiger partial charge in [0.05, 0.1) is 0 Å². The smallest absolute Gasteiger partial charge is 0.00431 e. The summed E-state index contributed by atoms with van der Waals surface area (Å²) in [5, 5.41) is 3.38. The first-order valence-corrected chi connectivity index (χ1v) is 4.99. The van der Waals surface area contributed by atoms with Crippen LogP contribution in [0.2, 0.25) is 0 Å². The molecule has 1 aromatic carbocycles. The molecular formula is C12H16N. The lowest BCUT2D eigenvalue weighted by molar-refractivity contribution is 0.460. The fourth-order valence-electron chi connectivity index (χ4n) is 2.07. The number of piperidine rings is 1. The van der Waals surface area contributed by atoms with Gasteiger partial charge in [-0.3, -0.25) is 0 Å². The molecule has 1 fully saturated rings. The van der Waals surface area contributed by atoms with Crippen molar-refractivity contribution in [1.29, 1.82) is 0 Å². The highest BCUT2D eigenvalue weighted by Crippen LogP contribution is 2.27. The van der Waals surface area contributed by atoms with Crippen LogP contribution in [0, 0.1) is 6.92 Å². The maximum Gasteiger partial charge on any atom is -0.00431 e. The van der Waals surface area contributed by atoms with Crippen LogP contribution in [-0.4, -0.2) is 13.1 Å². The van der Waals surface area contributed by atoms with Crippen molar-refractivity contribution in [2.75, 3.05) is 13.1 Å². The Morgan fingerprint density at radius 2 is 1.85 bits per heavy atom. The molecule has 69 valence electrons. The summed E-state index contributed by atoms with van der Waals surface area (Å²) in [7, 11) is 0. The van der Waals surface area contributed by atoms with E-state index in [-0.39, 0.29) is 0 Å². The summed E-state index contributed by atoms with van der Waals surface area (Å²) >= 11 is 0. The minimum Gasteiger partial charge on any atom is -0.317 e. The van der Waals surface area contributed by atoms with Gasteiger partial charge in [-0.25, -0.2) is 0 Å². The molecule has 1 heteroatoms. The average Bonchev–Trinajstić information content (AvgIpc) is 2.20. The fourth-order valence-corrected chi connectivity index (χ4v) is 2.07. The van der Waals surface area contributed by atoms with E-state index >= 15 is 0 Å². The highest BCUT2D eigenvalue weighted by molar-refractivity contribution is 5.32. The first-order chi connectivity index (χ1) is 6.38. The molecule has 1 N–H and O–H groups in total. The van der Waals surface area contributed by atoms with Gasteiger partial charge >= 0.3 is 0 Å². The Morgan fingerprint density at radius 1 is 1.15 bits per heavy atom. The van der Waals surface area contributed by atoms with E-state index in [1.54, 1.807) is 0 Å². The predicted octanol–water partition coefficient (Wildman–Crippen LogP) is 2.34. The third-order valence-corrected chi connectivity index (χ3v) is 2.83.